The van der Waals surface area contributed by atoms with Crippen LogP contribution in [0.15, 0.2) is 0 Å². The molecule has 0 aromatic rings. The van der Waals surface area contributed by atoms with Crippen molar-refractivity contribution >= 4 is 10.0 Å². The second kappa shape index (κ2) is 7.25. The van der Waals surface area contributed by atoms with Crippen molar-refractivity contribution in [2.75, 3.05) is 18.8 Å². The van der Waals surface area contributed by atoms with Crippen molar-refractivity contribution in [1.82, 2.24) is 4.72 Å². The Kier molecular flexibility index (Phi) is 6.31. The van der Waals surface area contributed by atoms with Crippen molar-refractivity contribution in [3.8, 4) is 0 Å². The summed E-state index contributed by atoms with van der Waals surface area (Å²) in [6.45, 7) is 1.17. The molecule has 1 saturated carbocycles. The largest absolute Gasteiger partial charge is 0.330 e. The van der Waals surface area contributed by atoms with Crippen LogP contribution >= 0.6 is 0 Å². The first-order chi connectivity index (χ1) is 7.64. The average Bonchev–Trinajstić information content (AvgIpc) is 2.70. The van der Waals surface area contributed by atoms with Crippen molar-refractivity contribution in [3.63, 3.8) is 0 Å². The van der Waals surface area contributed by atoms with E-state index in [1.54, 1.807) is 0 Å². The third-order valence-electron chi connectivity index (χ3n) is 3.22. The molecule has 0 saturated heterocycles. The highest BCUT2D eigenvalue weighted by atomic mass is 32.2. The molecule has 3 N–H and O–H groups in total. The highest BCUT2D eigenvalue weighted by Crippen LogP contribution is 2.26. The molecule has 0 heterocycles. The summed E-state index contributed by atoms with van der Waals surface area (Å²) in [4.78, 5) is 0. The SMILES string of the molecule is NCCCCS(=O)(=O)NCCC1CCCC1. The zero-order valence-electron chi connectivity index (χ0n) is 9.95. The summed E-state index contributed by atoms with van der Waals surface area (Å²) in [6.07, 6.45) is 7.61. The van der Waals surface area contributed by atoms with Crippen LogP contribution in [-0.2, 0) is 10.0 Å². The molecule has 0 unspecified atom stereocenters. The fraction of sp³-hybridized carbons (Fsp3) is 1.00. The molecule has 1 rings (SSSR count). The van der Waals surface area contributed by atoms with Gasteiger partial charge in [-0.1, -0.05) is 25.7 Å². The smallest absolute Gasteiger partial charge is 0.211 e. The van der Waals surface area contributed by atoms with Gasteiger partial charge in [0, 0.05) is 6.54 Å². The van der Waals surface area contributed by atoms with Crippen molar-refractivity contribution in [2.45, 2.75) is 44.9 Å². The molecular formula is C11H24N2O2S. The van der Waals surface area contributed by atoms with Gasteiger partial charge in [0.15, 0.2) is 0 Å². The molecule has 0 atom stereocenters. The maximum absolute atomic E-state index is 11.5. The molecule has 0 radical (unpaired) electrons. The molecule has 0 spiro atoms. The van der Waals surface area contributed by atoms with E-state index in [1.807, 2.05) is 0 Å². The summed E-state index contributed by atoms with van der Waals surface area (Å²) < 4.78 is 25.7. The molecule has 4 nitrogen and oxygen atoms in total. The minimum atomic E-state index is -3.05. The lowest BCUT2D eigenvalue weighted by atomic mass is 10.1. The van der Waals surface area contributed by atoms with E-state index in [-0.39, 0.29) is 5.75 Å². The van der Waals surface area contributed by atoms with Crippen molar-refractivity contribution in [3.05, 3.63) is 0 Å². The Morgan fingerprint density at radius 1 is 1.19 bits per heavy atom. The average molecular weight is 248 g/mol. The zero-order valence-corrected chi connectivity index (χ0v) is 10.8. The first-order valence-corrected chi connectivity index (χ1v) is 7.96. The summed E-state index contributed by atoms with van der Waals surface area (Å²) in [5.41, 5.74) is 5.33. The first-order valence-electron chi connectivity index (χ1n) is 6.31. The van der Waals surface area contributed by atoms with Gasteiger partial charge in [0.05, 0.1) is 5.75 Å². The second-order valence-electron chi connectivity index (χ2n) is 4.65. The van der Waals surface area contributed by atoms with E-state index in [0.717, 1.165) is 18.8 Å². The van der Waals surface area contributed by atoms with Gasteiger partial charge in [-0.3, -0.25) is 0 Å². The van der Waals surface area contributed by atoms with Crippen LogP contribution in [0.4, 0.5) is 0 Å². The molecule has 0 aliphatic heterocycles. The summed E-state index contributed by atoms with van der Waals surface area (Å²) in [5.74, 6) is 0.959. The van der Waals surface area contributed by atoms with Gasteiger partial charge in [-0.15, -0.1) is 0 Å². The molecule has 1 fully saturated rings. The number of hydrogen-bond donors (Lipinski definition) is 2. The molecule has 0 aromatic carbocycles. The van der Waals surface area contributed by atoms with E-state index in [4.69, 9.17) is 5.73 Å². The maximum atomic E-state index is 11.5. The van der Waals surface area contributed by atoms with Crippen molar-refractivity contribution < 1.29 is 8.42 Å². The van der Waals surface area contributed by atoms with Gasteiger partial charge in [0.1, 0.15) is 0 Å². The zero-order chi connectivity index (χ0) is 11.9. The first kappa shape index (κ1) is 13.9. The van der Waals surface area contributed by atoms with Crippen LogP contribution in [0, 0.1) is 5.92 Å². The number of rotatable bonds is 8. The second-order valence-corrected chi connectivity index (χ2v) is 6.57. The predicted molar refractivity (Wildman–Crippen MR) is 66.7 cm³/mol. The molecular weight excluding hydrogens is 224 g/mol. The molecule has 0 aromatic heterocycles. The summed E-state index contributed by atoms with van der Waals surface area (Å²) in [5, 5.41) is 0. The van der Waals surface area contributed by atoms with Gasteiger partial charge in [0.2, 0.25) is 10.0 Å². The molecule has 1 aliphatic carbocycles. The Morgan fingerprint density at radius 2 is 1.88 bits per heavy atom. The minimum absolute atomic E-state index is 0.217. The quantitative estimate of drug-likeness (QED) is 0.635. The Hall–Kier alpha value is -0.130. The van der Waals surface area contributed by atoms with E-state index < -0.39 is 10.0 Å². The predicted octanol–water partition coefficient (Wildman–Crippen LogP) is 1.22. The maximum Gasteiger partial charge on any atom is 0.211 e. The lowest BCUT2D eigenvalue weighted by Crippen LogP contribution is -2.28. The Morgan fingerprint density at radius 3 is 2.50 bits per heavy atom. The van der Waals surface area contributed by atoms with Crippen LogP contribution in [0.2, 0.25) is 0 Å². The van der Waals surface area contributed by atoms with E-state index >= 15 is 0 Å². The number of hydrogen-bond acceptors (Lipinski definition) is 3. The van der Waals surface area contributed by atoms with Crippen molar-refractivity contribution in [2.24, 2.45) is 11.7 Å². The summed E-state index contributed by atoms with van der Waals surface area (Å²) in [6, 6.07) is 0. The normalized spacial score (nSPS) is 18.1. The number of unbranched alkanes of at least 4 members (excludes halogenated alkanes) is 1. The fourth-order valence-corrected chi connectivity index (χ4v) is 3.38. The van der Waals surface area contributed by atoms with E-state index in [1.165, 1.54) is 25.7 Å². The third kappa shape index (κ3) is 5.82. The van der Waals surface area contributed by atoms with Crippen LogP contribution in [0.5, 0.6) is 0 Å². The van der Waals surface area contributed by atoms with Gasteiger partial charge in [-0.05, 0) is 31.7 Å². The van der Waals surface area contributed by atoms with Crippen LogP contribution in [-0.4, -0.2) is 27.3 Å². The summed E-state index contributed by atoms with van der Waals surface area (Å²) in [7, 11) is -3.05. The molecule has 5 heteroatoms. The topological polar surface area (TPSA) is 72.2 Å². The van der Waals surface area contributed by atoms with Gasteiger partial charge < -0.3 is 5.73 Å². The molecule has 0 bridgehead atoms. The number of nitrogens with two attached hydrogens (primary N) is 1. The van der Waals surface area contributed by atoms with Crippen LogP contribution in [0.3, 0.4) is 0 Å². The summed E-state index contributed by atoms with van der Waals surface area (Å²) >= 11 is 0. The Bertz CT molecular complexity index is 272. The molecule has 0 amide bonds. The number of nitrogens with one attached hydrogen (secondary N) is 1. The van der Waals surface area contributed by atoms with Crippen LogP contribution in [0.25, 0.3) is 0 Å². The standard InChI is InChI=1S/C11H24N2O2S/c12-8-3-4-10-16(14,15)13-9-7-11-5-1-2-6-11/h11,13H,1-10,12H2. The molecule has 16 heavy (non-hydrogen) atoms. The third-order valence-corrected chi connectivity index (χ3v) is 4.69. The fourth-order valence-electron chi connectivity index (χ4n) is 2.23. The highest BCUT2D eigenvalue weighted by molar-refractivity contribution is 7.89. The highest BCUT2D eigenvalue weighted by Gasteiger charge is 2.16. The van der Waals surface area contributed by atoms with Gasteiger partial charge in [-0.25, -0.2) is 13.1 Å². The monoisotopic (exact) mass is 248 g/mol. The lowest BCUT2D eigenvalue weighted by molar-refractivity contribution is 0.495. The van der Waals surface area contributed by atoms with Crippen LogP contribution in [0.1, 0.15) is 44.9 Å². The van der Waals surface area contributed by atoms with E-state index in [2.05, 4.69) is 4.72 Å². The lowest BCUT2D eigenvalue weighted by Gasteiger charge is -2.10. The van der Waals surface area contributed by atoms with E-state index in [0.29, 0.717) is 19.5 Å². The van der Waals surface area contributed by atoms with Gasteiger partial charge in [-0.2, -0.15) is 0 Å². The Labute approximate surface area is 99.0 Å². The number of sulfonamides is 1. The van der Waals surface area contributed by atoms with Crippen molar-refractivity contribution in [1.29, 1.82) is 0 Å². The Balaban J connectivity index is 2.09. The molecule has 96 valence electrons. The minimum Gasteiger partial charge on any atom is -0.330 e. The van der Waals surface area contributed by atoms with Crippen LogP contribution < -0.4 is 10.5 Å². The van der Waals surface area contributed by atoms with E-state index in [9.17, 15) is 8.42 Å². The van der Waals surface area contributed by atoms with Gasteiger partial charge >= 0.3 is 0 Å². The van der Waals surface area contributed by atoms with Gasteiger partial charge in [0.25, 0.3) is 0 Å². The molecule has 1 aliphatic rings.